The van der Waals surface area contributed by atoms with E-state index in [0.717, 1.165) is 18.2 Å². The smallest absolute Gasteiger partial charge is 0.398 e. The van der Waals surface area contributed by atoms with E-state index < -0.39 is 23.2 Å². The summed E-state index contributed by atoms with van der Waals surface area (Å²) in [6.45, 7) is 0. The number of benzene rings is 2. The normalized spacial score (nSPS) is 11.0. The SMILES string of the molecule is N#Cc1c(F)cccc1Nc1ccc(N)c(C(F)(F)F)c1. The van der Waals surface area contributed by atoms with Crippen molar-refractivity contribution >= 4 is 17.1 Å². The van der Waals surface area contributed by atoms with Gasteiger partial charge in [-0.3, -0.25) is 0 Å². The predicted molar refractivity (Wildman–Crippen MR) is 70.3 cm³/mol. The summed E-state index contributed by atoms with van der Waals surface area (Å²) in [5.74, 6) is -0.756. The molecule has 0 saturated carbocycles. The number of nitriles is 1. The quantitative estimate of drug-likeness (QED) is 0.649. The topological polar surface area (TPSA) is 61.8 Å². The van der Waals surface area contributed by atoms with E-state index in [2.05, 4.69) is 5.32 Å². The van der Waals surface area contributed by atoms with Crippen molar-refractivity contribution in [3.8, 4) is 6.07 Å². The zero-order valence-corrected chi connectivity index (χ0v) is 10.5. The maximum atomic E-state index is 13.4. The van der Waals surface area contributed by atoms with Crippen LogP contribution in [0.5, 0.6) is 0 Å². The third-order valence-electron chi connectivity index (χ3n) is 2.76. The first-order chi connectivity index (χ1) is 9.82. The molecule has 0 unspecified atom stereocenters. The van der Waals surface area contributed by atoms with Crippen LogP contribution in [0.15, 0.2) is 36.4 Å². The van der Waals surface area contributed by atoms with Crippen LogP contribution < -0.4 is 11.1 Å². The number of nitrogens with zero attached hydrogens (tertiary/aromatic N) is 1. The second-order valence-electron chi connectivity index (χ2n) is 4.20. The average Bonchev–Trinajstić information content (AvgIpc) is 2.40. The lowest BCUT2D eigenvalue weighted by atomic mass is 10.1. The maximum Gasteiger partial charge on any atom is 0.418 e. The second-order valence-corrected chi connectivity index (χ2v) is 4.20. The summed E-state index contributed by atoms with van der Waals surface area (Å²) in [5.41, 5.74) is 3.74. The largest absolute Gasteiger partial charge is 0.418 e. The highest BCUT2D eigenvalue weighted by Gasteiger charge is 2.33. The monoisotopic (exact) mass is 295 g/mol. The third-order valence-corrected chi connectivity index (χ3v) is 2.76. The summed E-state index contributed by atoms with van der Waals surface area (Å²) in [6, 6.07) is 8.71. The van der Waals surface area contributed by atoms with Crippen LogP contribution in [-0.2, 0) is 6.18 Å². The summed E-state index contributed by atoms with van der Waals surface area (Å²) >= 11 is 0. The van der Waals surface area contributed by atoms with E-state index >= 15 is 0 Å². The minimum atomic E-state index is -4.60. The van der Waals surface area contributed by atoms with Gasteiger partial charge in [-0.2, -0.15) is 18.4 Å². The molecule has 0 aromatic heterocycles. The molecular weight excluding hydrogens is 286 g/mol. The minimum Gasteiger partial charge on any atom is -0.398 e. The van der Waals surface area contributed by atoms with Crippen molar-refractivity contribution in [3.63, 3.8) is 0 Å². The van der Waals surface area contributed by atoms with E-state index in [9.17, 15) is 17.6 Å². The van der Waals surface area contributed by atoms with Gasteiger partial charge in [0.25, 0.3) is 0 Å². The molecule has 0 atom stereocenters. The summed E-state index contributed by atoms with van der Waals surface area (Å²) in [5, 5.41) is 11.5. The third kappa shape index (κ3) is 3.05. The predicted octanol–water partition coefficient (Wildman–Crippen LogP) is 4.04. The Morgan fingerprint density at radius 2 is 1.86 bits per heavy atom. The Bertz CT molecular complexity index is 717. The molecule has 2 rings (SSSR count). The van der Waals surface area contributed by atoms with Gasteiger partial charge < -0.3 is 11.1 Å². The van der Waals surface area contributed by atoms with Crippen molar-refractivity contribution in [3.05, 3.63) is 53.3 Å². The molecule has 7 heteroatoms. The van der Waals surface area contributed by atoms with Gasteiger partial charge in [0, 0.05) is 11.4 Å². The molecule has 3 N–H and O–H groups in total. The second kappa shape index (κ2) is 5.32. The molecule has 0 radical (unpaired) electrons. The van der Waals surface area contributed by atoms with Crippen LogP contribution in [0.4, 0.5) is 34.6 Å². The van der Waals surface area contributed by atoms with Crippen molar-refractivity contribution in [2.45, 2.75) is 6.18 Å². The zero-order chi connectivity index (χ0) is 15.6. The molecule has 0 heterocycles. The molecule has 0 bridgehead atoms. The van der Waals surface area contributed by atoms with Crippen molar-refractivity contribution in [2.24, 2.45) is 0 Å². The van der Waals surface area contributed by atoms with Crippen molar-refractivity contribution in [1.82, 2.24) is 0 Å². The highest BCUT2D eigenvalue weighted by atomic mass is 19.4. The van der Waals surface area contributed by atoms with Crippen LogP contribution in [0, 0.1) is 17.1 Å². The molecule has 108 valence electrons. The van der Waals surface area contributed by atoms with Gasteiger partial charge in [-0.05, 0) is 30.3 Å². The highest BCUT2D eigenvalue weighted by molar-refractivity contribution is 5.69. The molecule has 0 aliphatic heterocycles. The molecule has 3 nitrogen and oxygen atoms in total. The Labute approximate surface area is 117 Å². The van der Waals surface area contributed by atoms with Crippen LogP contribution in [0.2, 0.25) is 0 Å². The molecule has 21 heavy (non-hydrogen) atoms. The molecule has 0 amide bonds. The van der Waals surface area contributed by atoms with E-state index in [1.165, 1.54) is 18.2 Å². The number of nitrogens with one attached hydrogen (secondary N) is 1. The minimum absolute atomic E-state index is 0.0543. The van der Waals surface area contributed by atoms with Gasteiger partial charge in [0.05, 0.1) is 11.3 Å². The van der Waals surface area contributed by atoms with Crippen LogP contribution in [0.1, 0.15) is 11.1 Å². The molecule has 0 aliphatic rings. The lowest BCUT2D eigenvalue weighted by molar-refractivity contribution is -0.136. The first kappa shape index (κ1) is 14.7. The number of nitrogens with two attached hydrogens (primary N) is 1. The molecule has 0 fully saturated rings. The van der Waals surface area contributed by atoms with Crippen molar-refractivity contribution in [1.29, 1.82) is 5.26 Å². The van der Waals surface area contributed by atoms with Gasteiger partial charge in [0.15, 0.2) is 0 Å². The fourth-order valence-corrected chi connectivity index (χ4v) is 1.78. The van der Waals surface area contributed by atoms with E-state index in [4.69, 9.17) is 11.0 Å². The lowest BCUT2D eigenvalue weighted by Crippen LogP contribution is -2.09. The maximum absolute atomic E-state index is 13.4. The molecule has 2 aromatic carbocycles. The van der Waals surface area contributed by atoms with Crippen molar-refractivity contribution < 1.29 is 17.6 Å². The Morgan fingerprint density at radius 3 is 2.48 bits per heavy atom. The number of hydrogen-bond acceptors (Lipinski definition) is 3. The van der Waals surface area contributed by atoms with E-state index in [1.54, 1.807) is 6.07 Å². The van der Waals surface area contributed by atoms with Crippen LogP contribution in [0.25, 0.3) is 0 Å². The van der Waals surface area contributed by atoms with Gasteiger partial charge >= 0.3 is 6.18 Å². The molecular formula is C14H9F4N3. The van der Waals surface area contributed by atoms with Crippen LogP contribution >= 0.6 is 0 Å². The Hall–Kier alpha value is -2.75. The number of halogens is 4. The van der Waals surface area contributed by atoms with Gasteiger partial charge in [0.1, 0.15) is 17.4 Å². The Balaban J connectivity index is 2.42. The summed E-state index contributed by atoms with van der Waals surface area (Å²) in [4.78, 5) is 0. The van der Waals surface area contributed by atoms with Gasteiger partial charge in [-0.1, -0.05) is 6.07 Å². The van der Waals surface area contributed by atoms with Gasteiger partial charge in [-0.25, -0.2) is 4.39 Å². The fourth-order valence-electron chi connectivity index (χ4n) is 1.78. The molecule has 0 aliphatic carbocycles. The average molecular weight is 295 g/mol. The summed E-state index contributed by atoms with van der Waals surface area (Å²) in [7, 11) is 0. The lowest BCUT2D eigenvalue weighted by Gasteiger charge is -2.13. The molecule has 0 saturated heterocycles. The van der Waals surface area contributed by atoms with Crippen LogP contribution in [-0.4, -0.2) is 0 Å². The number of alkyl halides is 3. The van der Waals surface area contributed by atoms with E-state index in [0.29, 0.717) is 0 Å². The Morgan fingerprint density at radius 1 is 1.14 bits per heavy atom. The zero-order valence-electron chi connectivity index (χ0n) is 10.5. The first-order valence-corrected chi connectivity index (χ1v) is 5.75. The number of nitrogen functional groups attached to an aromatic ring is 1. The van der Waals surface area contributed by atoms with Crippen LogP contribution in [0.3, 0.4) is 0 Å². The fraction of sp³-hybridized carbons (Fsp3) is 0.0714. The van der Waals surface area contributed by atoms with Gasteiger partial charge in [-0.15, -0.1) is 0 Å². The summed E-state index contributed by atoms with van der Waals surface area (Å²) in [6.07, 6.45) is -4.60. The first-order valence-electron chi connectivity index (χ1n) is 5.75. The van der Waals surface area contributed by atoms with E-state index in [-0.39, 0.29) is 16.9 Å². The van der Waals surface area contributed by atoms with Gasteiger partial charge in [0.2, 0.25) is 0 Å². The van der Waals surface area contributed by atoms with Crippen molar-refractivity contribution in [2.75, 3.05) is 11.1 Å². The number of rotatable bonds is 2. The molecule has 2 aromatic rings. The van der Waals surface area contributed by atoms with E-state index in [1.807, 2.05) is 0 Å². The summed E-state index contributed by atoms with van der Waals surface area (Å²) < 4.78 is 51.7. The Kier molecular flexibility index (Phi) is 3.72. The highest BCUT2D eigenvalue weighted by Crippen LogP contribution is 2.36. The number of anilines is 3. The molecule has 0 spiro atoms. The number of hydrogen-bond donors (Lipinski definition) is 2. The standard InChI is InChI=1S/C14H9F4N3/c15-11-2-1-3-13(9(11)7-19)21-8-4-5-12(20)10(6-8)14(16,17)18/h1-6,21H,20H2.